The van der Waals surface area contributed by atoms with Crippen LogP contribution in [0.4, 0.5) is 0 Å². The first-order valence-electron chi connectivity index (χ1n) is 9.29. The summed E-state index contributed by atoms with van der Waals surface area (Å²) in [5, 5.41) is 6.60. The van der Waals surface area contributed by atoms with E-state index in [-0.39, 0.29) is 0 Å². The van der Waals surface area contributed by atoms with Crippen LogP contribution in [0.25, 0.3) is 0 Å². The molecule has 1 aliphatic carbocycles. The zero-order valence-electron chi connectivity index (χ0n) is 15.3. The molecule has 6 nitrogen and oxygen atoms in total. The average molecular weight is 353 g/mol. The minimum absolute atomic E-state index is 0.341. The van der Waals surface area contributed by atoms with E-state index >= 15 is 0 Å². The lowest BCUT2D eigenvalue weighted by Gasteiger charge is -2.13. The zero-order valence-corrected chi connectivity index (χ0v) is 15.3. The SMILES string of the molecule is CN=C(NCCc1ccccn1)NCc1ccc(OC2CCCC2)nc1. The summed E-state index contributed by atoms with van der Waals surface area (Å²) in [6.45, 7) is 1.45. The molecule has 1 fully saturated rings. The lowest BCUT2D eigenvalue weighted by molar-refractivity contribution is 0.201. The van der Waals surface area contributed by atoms with Crippen molar-refractivity contribution < 1.29 is 4.74 Å². The largest absolute Gasteiger partial charge is 0.474 e. The first-order valence-corrected chi connectivity index (χ1v) is 9.29. The molecule has 26 heavy (non-hydrogen) atoms. The van der Waals surface area contributed by atoms with Crippen molar-refractivity contribution in [2.45, 2.75) is 44.8 Å². The van der Waals surface area contributed by atoms with Crippen LogP contribution in [0.5, 0.6) is 5.88 Å². The third-order valence-electron chi connectivity index (χ3n) is 4.47. The van der Waals surface area contributed by atoms with Crippen molar-refractivity contribution in [3.8, 4) is 5.88 Å². The van der Waals surface area contributed by atoms with E-state index in [9.17, 15) is 0 Å². The van der Waals surface area contributed by atoms with Crippen LogP contribution < -0.4 is 15.4 Å². The molecule has 0 saturated heterocycles. The number of aliphatic imine (C=N–C) groups is 1. The Balaban J connectivity index is 1.40. The second-order valence-electron chi connectivity index (χ2n) is 6.45. The van der Waals surface area contributed by atoms with E-state index in [0.29, 0.717) is 12.6 Å². The first-order chi connectivity index (χ1) is 12.8. The van der Waals surface area contributed by atoms with Crippen LogP contribution in [0.15, 0.2) is 47.7 Å². The van der Waals surface area contributed by atoms with E-state index in [2.05, 4.69) is 25.6 Å². The Bertz CT molecular complexity index is 681. The summed E-state index contributed by atoms with van der Waals surface area (Å²) in [5.41, 5.74) is 2.16. The normalized spacial score (nSPS) is 15.0. The molecule has 0 bridgehead atoms. The Morgan fingerprint density at radius 1 is 1.15 bits per heavy atom. The number of rotatable bonds is 7. The monoisotopic (exact) mass is 353 g/mol. The Hall–Kier alpha value is -2.63. The Morgan fingerprint density at radius 3 is 2.73 bits per heavy atom. The highest BCUT2D eigenvalue weighted by Gasteiger charge is 2.16. The number of hydrogen-bond acceptors (Lipinski definition) is 4. The van der Waals surface area contributed by atoms with Crippen LogP contribution >= 0.6 is 0 Å². The van der Waals surface area contributed by atoms with Gasteiger partial charge in [-0.05, 0) is 43.4 Å². The average Bonchev–Trinajstić information content (AvgIpc) is 3.19. The fourth-order valence-corrected chi connectivity index (χ4v) is 3.02. The molecular weight excluding hydrogens is 326 g/mol. The van der Waals surface area contributed by atoms with Gasteiger partial charge in [0.05, 0.1) is 0 Å². The lowest BCUT2D eigenvalue weighted by atomic mass is 10.2. The second-order valence-corrected chi connectivity index (χ2v) is 6.45. The predicted molar refractivity (Wildman–Crippen MR) is 103 cm³/mol. The van der Waals surface area contributed by atoms with Gasteiger partial charge in [-0.25, -0.2) is 4.98 Å². The van der Waals surface area contributed by atoms with E-state index in [0.717, 1.165) is 48.9 Å². The molecule has 1 aliphatic rings. The molecule has 2 heterocycles. The van der Waals surface area contributed by atoms with Crippen molar-refractivity contribution in [2.24, 2.45) is 4.99 Å². The van der Waals surface area contributed by atoms with Gasteiger partial charge in [0.2, 0.25) is 5.88 Å². The van der Waals surface area contributed by atoms with E-state index in [4.69, 9.17) is 4.74 Å². The van der Waals surface area contributed by atoms with Gasteiger partial charge in [0.25, 0.3) is 0 Å². The molecule has 2 aromatic rings. The standard InChI is InChI=1S/C20H27N5O/c1-21-20(23-13-11-17-6-4-5-12-22-17)25-15-16-9-10-19(24-14-16)26-18-7-2-3-8-18/h4-6,9-10,12,14,18H,2-3,7-8,11,13,15H2,1H3,(H2,21,23,25). The number of guanidine groups is 1. The topological polar surface area (TPSA) is 71.4 Å². The fourth-order valence-electron chi connectivity index (χ4n) is 3.02. The van der Waals surface area contributed by atoms with Crippen LogP contribution in [0.1, 0.15) is 36.9 Å². The minimum atomic E-state index is 0.341. The molecule has 0 spiro atoms. The van der Waals surface area contributed by atoms with Crippen LogP contribution in [0, 0.1) is 0 Å². The molecule has 3 rings (SSSR count). The van der Waals surface area contributed by atoms with Gasteiger partial charge < -0.3 is 15.4 Å². The number of nitrogens with zero attached hydrogens (tertiary/aromatic N) is 3. The molecule has 1 saturated carbocycles. The van der Waals surface area contributed by atoms with Gasteiger partial charge in [0.1, 0.15) is 6.10 Å². The predicted octanol–water partition coefficient (Wildman–Crippen LogP) is 2.71. The molecule has 0 atom stereocenters. The molecule has 6 heteroatoms. The molecule has 2 N–H and O–H groups in total. The van der Waals surface area contributed by atoms with Gasteiger partial charge in [0, 0.05) is 50.7 Å². The highest BCUT2D eigenvalue weighted by atomic mass is 16.5. The van der Waals surface area contributed by atoms with Crippen molar-refractivity contribution in [1.82, 2.24) is 20.6 Å². The summed E-state index contributed by atoms with van der Waals surface area (Å²) >= 11 is 0. The minimum Gasteiger partial charge on any atom is -0.474 e. The van der Waals surface area contributed by atoms with Gasteiger partial charge in [-0.1, -0.05) is 12.1 Å². The van der Waals surface area contributed by atoms with Crippen LogP contribution in [0.2, 0.25) is 0 Å². The number of hydrogen-bond donors (Lipinski definition) is 2. The van der Waals surface area contributed by atoms with Crippen molar-refractivity contribution in [1.29, 1.82) is 0 Å². The first kappa shape index (κ1) is 18.2. The maximum atomic E-state index is 5.90. The van der Waals surface area contributed by atoms with Gasteiger partial charge in [-0.15, -0.1) is 0 Å². The maximum absolute atomic E-state index is 5.90. The Morgan fingerprint density at radius 2 is 2.04 bits per heavy atom. The van der Waals surface area contributed by atoms with E-state index < -0.39 is 0 Å². The van der Waals surface area contributed by atoms with Crippen molar-refractivity contribution in [3.63, 3.8) is 0 Å². The molecule has 138 valence electrons. The fraction of sp³-hybridized carbons (Fsp3) is 0.450. The van der Waals surface area contributed by atoms with Crippen molar-refractivity contribution in [3.05, 3.63) is 54.0 Å². The zero-order chi connectivity index (χ0) is 18.0. The van der Waals surface area contributed by atoms with Gasteiger partial charge in [0.15, 0.2) is 5.96 Å². The molecule has 0 amide bonds. The van der Waals surface area contributed by atoms with Crippen molar-refractivity contribution >= 4 is 5.96 Å². The lowest BCUT2D eigenvalue weighted by Crippen LogP contribution is -2.37. The molecular formula is C20H27N5O. The third-order valence-corrected chi connectivity index (χ3v) is 4.47. The van der Waals surface area contributed by atoms with Gasteiger partial charge in [-0.2, -0.15) is 0 Å². The summed E-state index contributed by atoms with van der Waals surface area (Å²) in [7, 11) is 1.77. The quantitative estimate of drug-likeness (QED) is 0.591. The van der Waals surface area contributed by atoms with E-state index in [1.165, 1.54) is 12.8 Å². The third kappa shape index (κ3) is 5.72. The summed E-state index contributed by atoms with van der Waals surface area (Å²) in [5.74, 6) is 1.49. The molecule has 2 aromatic heterocycles. The maximum Gasteiger partial charge on any atom is 0.213 e. The highest BCUT2D eigenvalue weighted by Crippen LogP contribution is 2.22. The molecule has 0 aliphatic heterocycles. The smallest absolute Gasteiger partial charge is 0.213 e. The van der Waals surface area contributed by atoms with E-state index in [1.807, 2.05) is 42.7 Å². The summed E-state index contributed by atoms with van der Waals surface area (Å²) in [6, 6.07) is 9.95. The number of aromatic nitrogens is 2. The van der Waals surface area contributed by atoms with E-state index in [1.54, 1.807) is 7.05 Å². The number of pyridine rings is 2. The van der Waals surface area contributed by atoms with Crippen LogP contribution in [-0.4, -0.2) is 35.6 Å². The summed E-state index contributed by atoms with van der Waals surface area (Å²) in [6.07, 6.45) is 9.69. The highest BCUT2D eigenvalue weighted by molar-refractivity contribution is 5.79. The number of nitrogens with one attached hydrogen (secondary N) is 2. The van der Waals surface area contributed by atoms with Crippen molar-refractivity contribution in [2.75, 3.05) is 13.6 Å². The number of ether oxygens (including phenoxy) is 1. The Labute approximate surface area is 155 Å². The molecule has 0 radical (unpaired) electrons. The van der Waals surface area contributed by atoms with Gasteiger partial charge in [-0.3, -0.25) is 9.98 Å². The summed E-state index contributed by atoms with van der Waals surface area (Å²) in [4.78, 5) is 13.0. The molecule has 0 unspecified atom stereocenters. The summed E-state index contributed by atoms with van der Waals surface area (Å²) < 4.78 is 5.90. The van der Waals surface area contributed by atoms with Gasteiger partial charge >= 0.3 is 0 Å². The molecule has 0 aromatic carbocycles. The Kier molecular flexibility index (Phi) is 6.81. The van der Waals surface area contributed by atoms with Crippen LogP contribution in [-0.2, 0) is 13.0 Å². The van der Waals surface area contributed by atoms with Crippen LogP contribution in [0.3, 0.4) is 0 Å². The second kappa shape index (κ2) is 9.75.